The maximum absolute atomic E-state index is 12.3. The molecule has 30 heavy (non-hydrogen) atoms. The zero-order valence-corrected chi connectivity index (χ0v) is 15.9. The summed E-state index contributed by atoms with van der Waals surface area (Å²) in [6.45, 7) is 1.74. The Hall–Kier alpha value is -3.67. The molecule has 154 valence electrons. The predicted molar refractivity (Wildman–Crippen MR) is 103 cm³/mol. The molecule has 4 rings (SSSR count). The van der Waals surface area contributed by atoms with Gasteiger partial charge in [-0.15, -0.1) is 13.2 Å². The second kappa shape index (κ2) is 7.30. The summed E-state index contributed by atoms with van der Waals surface area (Å²) in [5.74, 6) is 0.374. The first-order valence-electron chi connectivity index (χ1n) is 8.33. The normalized spacial score (nSPS) is 11.6. The fourth-order valence-corrected chi connectivity index (χ4v) is 2.86. The Morgan fingerprint density at radius 3 is 2.53 bits per heavy atom. The van der Waals surface area contributed by atoms with Gasteiger partial charge in [0.15, 0.2) is 5.65 Å². The van der Waals surface area contributed by atoms with E-state index in [0.717, 1.165) is 12.1 Å². The third-order valence-corrected chi connectivity index (χ3v) is 4.04. The molecule has 9 nitrogen and oxygen atoms in total. The first-order chi connectivity index (χ1) is 14.2. The minimum Gasteiger partial charge on any atom is -0.406 e. The number of benzene rings is 1. The Morgan fingerprint density at radius 1 is 1.10 bits per heavy atom. The highest BCUT2D eigenvalue weighted by Crippen LogP contribution is 2.26. The Kier molecular flexibility index (Phi) is 4.78. The van der Waals surface area contributed by atoms with Crippen molar-refractivity contribution in [2.45, 2.75) is 13.3 Å². The van der Waals surface area contributed by atoms with Crippen LogP contribution in [-0.2, 0) is 0 Å². The number of aromatic nitrogens is 6. The lowest BCUT2D eigenvalue weighted by atomic mass is 10.3. The smallest absolute Gasteiger partial charge is 0.406 e. The lowest BCUT2D eigenvalue weighted by Gasteiger charge is -2.11. The number of imidazole rings is 1. The summed E-state index contributed by atoms with van der Waals surface area (Å²) >= 11 is 6.04. The van der Waals surface area contributed by atoms with Gasteiger partial charge >= 0.3 is 6.36 Å². The molecule has 0 unspecified atom stereocenters. The molecule has 0 saturated carbocycles. The Bertz CT molecular complexity index is 1230. The van der Waals surface area contributed by atoms with E-state index in [4.69, 9.17) is 17.3 Å². The van der Waals surface area contributed by atoms with Crippen molar-refractivity contribution in [2.24, 2.45) is 0 Å². The molecule has 13 heteroatoms. The van der Waals surface area contributed by atoms with Crippen molar-refractivity contribution >= 4 is 40.3 Å². The van der Waals surface area contributed by atoms with Crippen molar-refractivity contribution in [2.75, 3.05) is 11.1 Å². The fourth-order valence-electron chi connectivity index (χ4n) is 2.71. The number of hydrogen-bond acceptors (Lipinski definition) is 8. The third kappa shape index (κ3) is 4.17. The maximum atomic E-state index is 12.3. The number of nitrogens with one attached hydrogen (secondary N) is 1. The molecule has 3 N–H and O–H groups in total. The summed E-state index contributed by atoms with van der Waals surface area (Å²) in [5, 5.41) is 3.27. The van der Waals surface area contributed by atoms with E-state index in [-0.39, 0.29) is 23.6 Å². The molecule has 0 spiro atoms. The van der Waals surface area contributed by atoms with Crippen LogP contribution >= 0.6 is 11.6 Å². The number of halogens is 4. The van der Waals surface area contributed by atoms with Crippen molar-refractivity contribution < 1.29 is 17.9 Å². The number of ether oxygens (including phenoxy) is 1. The lowest BCUT2D eigenvalue weighted by molar-refractivity contribution is -0.274. The van der Waals surface area contributed by atoms with E-state index in [1.54, 1.807) is 17.6 Å². The van der Waals surface area contributed by atoms with Gasteiger partial charge in [-0.3, -0.25) is 4.57 Å². The van der Waals surface area contributed by atoms with Crippen LogP contribution in [0, 0.1) is 6.92 Å². The van der Waals surface area contributed by atoms with Gasteiger partial charge in [0, 0.05) is 11.9 Å². The van der Waals surface area contributed by atoms with Crippen LogP contribution in [-0.4, -0.2) is 35.8 Å². The zero-order chi connectivity index (χ0) is 21.5. The quantitative estimate of drug-likeness (QED) is 0.496. The predicted octanol–water partition coefficient (Wildman–Crippen LogP) is 3.79. The Balaban J connectivity index is 1.66. The standard InChI is InChI=1S/C17H12ClF3N8O/c1-8-24-13-12(6-9(18)7-23-13)29(8)16-27-14(22)26-15(28-16)25-10-2-4-11(5-3-10)30-17(19,20)21/h2-7H,1H3,(H3,22,25,26,27,28). The molecule has 0 radical (unpaired) electrons. The van der Waals surface area contributed by atoms with E-state index in [2.05, 4.69) is 35.0 Å². The first kappa shape index (κ1) is 19.6. The van der Waals surface area contributed by atoms with Crippen LogP contribution in [0.15, 0.2) is 36.5 Å². The number of nitrogen functional groups attached to an aromatic ring is 1. The van der Waals surface area contributed by atoms with Gasteiger partial charge in [0.1, 0.15) is 11.6 Å². The highest BCUT2D eigenvalue weighted by Gasteiger charge is 2.31. The van der Waals surface area contributed by atoms with E-state index in [1.807, 2.05) is 0 Å². The van der Waals surface area contributed by atoms with Gasteiger partial charge in [0.05, 0.1) is 10.5 Å². The number of nitrogens with zero attached hydrogens (tertiary/aromatic N) is 6. The van der Waals surface area contributed by atoms with Gasteiger partial charge in [-0.05, 0) is 37.3 Å². The number of hydrogen-bond donors (Lipinski definition) is 2. The summed E-state index contributed by atoms with van der Waals surface area (Å²) in [7, 11) is 0. The molecular formula is C17H12ClF3N8O. The molecule has 0 atom stereocenters. The lowest BCUT2D eigenvalue weighted by Crippen LogP contribution is -2.17. The average Bonchev–Trinajstić information content (AvgIpc) is 2.96. The summed E-state index contributed by atoms with van der Waals surface area (Å²) in [6, 6.07) is 6.73. The number of pyridine rings is 1. The largest absolute Gasteiger partial charge is 0.573 e. The van der Waals surface area contributed by atoms with Gasteiger partial charge in [0.25, 0.3) is 0 Å². The van der Waals surface area contributed by atoms with Gasteiger partial charge in [-0.25, -0.2) is 9.97 Å². The molecule has 3 aromatic heterocycles. The third-order valence-electron chi connectivity index (χ3n) is 3.83. The van der Waals surface area contributed by atoms with Crippen molar-refractivity contribution in [3.8, 4) is 11.7 Å². The summed E-state index contributed by atoms with van der Waals surface area (Å²) in [6.07, 6.45) is -3.29. The summed E-state index contributed by atoms with van der Waals surface area (Å²) in [4.78, 5) is 21.0. The molecule has 0 amide bonds. The van der Waals surface area contributed by atoms with Crippen LogP contribution in [0.3, 0.4) is 0 Å². The van der Waals surface area contributed by atoms with Gasteiger partial charge in [-0.2, -0.15) is 15.0 Å². The molecule has 0 saturated heterocycles. The van der Waals surface area contributed by atoms with Crippen LogP contribution in [0.1, 0.15) is 5.82 Å². The second-order valence-electron chi connectivity index (χ2n) is 6.01. The average molecular weight is 437 g/mol. The van der Waals surface area contributed by atoms with Crippen molar-refractivity contribution in [1.82, 2.24) is 29.5 Å². The van der Waals surface area contributed by atoms with E-state index in [1.165, 1.54) is 18.3 Å². The number of anilines is 3. The SMILES string of the molecule is Cc1nc2ncc(Cl)cc2n1-c1nc(N)nc(Nc2ccc(OC(F)(F)F)cc2)n1. The van der Waals surface area contributed by atoms with Crippen LogP contribution in [0.5, 0.6) is 5.75 Å². The van der Waals surface area contributed by atoms with E-state index >= 15 is 0 Å². The number of aryl methyl sites for hydroxylation is 1. The van der Waals surface area contributed by atoms with Gasteiger partial charge < -0.3 is 15.8 Å². The molecule has 0 aliphatic carbocycles. The number of rotatable bonds is 4. The molecule has 0 bridgehead atoms. The second-order valence-corrected chi connectivity index (χ2v) is 6.44. The van der Waals surface area contributed by atoms with E-state index in [9.17, 15) is 13.2 Å². The van der Waals surface area contributed by atoms with Crippen LogP contribution in [0.25, 0.3) is 17.1 Å². The van der Waals surface area contributed by atoms with Crippen molar-refractivity contribution in [1.29, 1.82) is 0 Å². The molecule has 4 aromatic rings. The highest BCUT2D eigenvalue weighted by molar-refractivity contribution is 6.31. The highest BCUT2D eigenvalue weighted by atomic mass is 35.5. The van der Waals surface area contributed by atoms with E-state index < -0.39 is 6.36 Å². The van der Waals surface area contributed by atoms with Crippen LogP contribution < -0.4 is 15.8 Å². The zero-order valence-electron chi connectivity index (χ0n) is 15.1. The molecule has 1 aromatic carbocycles. The number of alkyl halides is 3. The summed E-state index contributed by atoms with van der Waals surface area (Å²) < 4.78 is 42.3. The molecule has 0 aliphatic rings. The Morgan fingerprint density at radius 2 is 1.83 bits per heavy atom. The minimum atomic E-state index is -4.77. The van der Waals surface area contributed by atoms with E-state index in [0.29, 0.717) is 27.7 Å². The summed E-state index contributed by atoms with van der Waals surface area (Å²) in [5.41, 5.74) is 7.25. The fraction of sp³-hybridized carbons (Fsp3) is 0.118. The number of fused-ring (bicyclic) bond motifs is 1. The molecular weight excluding hydrogens is 425 g/mol. The number of nitrogens with two attached hydrogens (primary N) is 1. The first-order valence-corrected chi connectivity index (χ1v) is 8.71. The topological polar surface area (TPSA) is 117 Å². The van der Waals surface area contributed by atoms with Crippen LogP contribution in [0.2, 0.25) is 5.02 Å². The van der Waals surface area contributed by atoms with Gasteiger partial charge in [0.2, 0.25) is 17.8 Å². The molecule has 3 heterocycles. The van der Waals surface area contributed by atoms with Crippen LogP contribution in [0.4, 0.5) is 30.8 Å². The maximum Gasteiger partial charge on any atom is 0.573 e. The monoisotopic (exact) mass is 436 g/mol. The molecule has 0 fully saturated rings. The minimum absolute atomic E-state index is 0.0734. The molecule has 0 aliphatic heterocycles. The van der Waals surface area contributed by atoms with Crippen molar-refractivity contribution in [3.63, 3.8) is 0 Å². The van der Waals surface area contributed by atoms with Gasteiger partial charge in [-0.1, -0.05) is 11.6 Å². The Labute approximate surface area is 171 Å². The van der Waals surface area contributed by atoms with Crippen molar-refractivity contribution in [3.05, 3.63) is 47.4 Å².